The lowest BCUT2D eigenvalue weighted by Crippen LogP contribution is -2.42. The van der Waals surface area contributed by atoms with Gasteiger partial charge >= 0.3 is 6.09 Å². The van der Waals surface area contributed by atoms with Crippen LogP contribution in [0.15, 0.2) is 16.9 Å². The zero-order chi connectivity index (χ0) is 23.6. The van der Waals surface area contributed by atoms with Gasteiger partial charge in [-0.2, -0.15) is 11.8 Å². The smallest absolute Gasteiger partial charge is 0.410 e. The maximum atomic E-state index is 14.5. The summed E-state index contributed by atoms with van der Waals surface area (Å²) in [7, 11) is 0. The fourth-order valence-electron chi connectivity index (χ4n) is 4.41. The summed E-state index contributed by atoms with van der Waals surface area (Å²) in [4.78, 5) is 33.9. The largest absolute Gasteiger partial charge is 0.444 e. The Morgan fingerprint density at radius 1 is 1.24 bits per heavy atom. The number of anilines is 1. The van der Waals surface area contributed by atoms with E-state index in [1.165, 1.54) is 6.07 Å². The molecule has 4 rings (SSSR count). The molecule has 2 heterocycles. The second kappa shape index (κ2) is 9.91. The number of thioether (sulfide) groups is 1. The first-order chi connectivity index (χ1) is 15.7. The Morgan fingerprint density at radius 3 is 2.61 bits per heavy atom. The molecule has 0 spiro atoms. The number of H-pyrrole nitrogens is 1. The summed E-state index contributed by atoms with van der Waals surface area (Å²) in [5.74, 6) is 0.733. The molecule has 1 aromatic carbocycles. The monoisotopic (exact) mass is 476 g/mol. The van der Waals surface area contributed by atoms with Crippen LogP contribution in [-0.2, 0) is 10.5 Å². The summed E-state index contributed by atoms with van der Waals surface area (Å²) in [6, 6.07) is 3.22. The lowest BCUT2D eigenvalue weighted by atomic mass is 10.1. The quantitative estimate of drug-likeness (QED) is 0.628. The van der Waals surface area contributed by atoms with Crippen molar-refractivity contribution in [3.63, 3.8) is 0 Å². The van der Waals surface area contributed by atoms with E-state index >= 15 is 0 Å². The predicted octanol–water partition coefficient (Wildman–Crippen LogP) is 5.05. The van der Waals surface area contributed by atoms with Crippen LogP contribution in [0.2, 0.25) is 0 Å². The van der Waals surface area contributed by atoms with E-state index in [0.29, 0.717) is 41.1 Å². The molecule has 1 saturated carbocycles. The Morgan fingerprint density at radius 2 is 1.94 bits per heavy atom. The summed E-state index contributed by atoms with van der Waals surface area (Å²) in [5, 5.41) is 3.92. The summed E-state index contributed by atoms with van der Waals surface area (Å²) in [6.45, 7) is 6.92. The first-order valence-corrected chi connectivity index (χ1v) is 12.8. The Hall–Kier alpha value is -2.29. The molecule has 0 unspecified atom stereocenters. The molecular weight excluding hydrogens is 443 g/mol. The van der Waals surface area contributed by atoms with Crippen LogP contribution in [0.4, 0.5) is 14.9 Å². The molecule has 7 nitrogen and oxygen atoms in total. The van der Waals surface area contributed by atoms with Crippen molar-refractivity contribution >= 4 is 34.4 Å². The molecule has 0 bridgehead atoms. The fraction of sp³-hybridized carbons (Fsp3) is 0.625. The molecule has 33 heavy (non-hydrogen) atoms. The molecule has 2 N–H and O–H groups in total. The van der Waals surface area contributed by atoms with Gasteiger partial charge in [0.15, 0.2) is 0 Å². The van der Waals surface area contributed by atoms with Crippen molar-refractivity contribution in [3.05, 3.63) is 34.1 Å². The van der Waals surface area contributed by atoms with E-state index in [1.54, 1.807) is 22.7 Å². The highest BCUT2D eigenvalue weighted by atomic mass is 32.2. The van der Waals surface area contributed by atoms with Crippen LogP contribution in [0.3, 0.4) is 0 Å². The van der Waals surface area contributed by atoms with Gasteiger partial charge in [-0.15, -0.1) is 0 Å². The normalized spacial score (nSPS) is 18.1. The Kier molecular flexibility index (Phi) is 7.16. The van der Waals surface area contributed by atoms with Crippen molar-refractivity contribution in [1.29, 1.82) is 0 Å². The lowest BCUT2D eigenvalue weighted by molar-refractivity contribution is 0.0219. The second-order valence-corrected chi connectivity index (χ2v) is 11.3. The van der Waals surface area contributed by atoms with Crippen molar-refractivity contribution in [3.8, 4) is 0 Å². The number of hydrogen-bond donors (Lipinski definition) is 2. The maximum absolute atomic E-state index is 14.5. The first kappa shape index (κ1) is 23.9. The zero-order valence-corrected chi connectivity index (χ0v) is 20.4. The maximum Gasteiger partial charge on any atom is 0.410 e. The van der Waals surface area contributed by atoms with Crippen LogP contribution in [0.1, 0.15) is 65.1 Å². The van der Waals surface area contributed by atoms with Crippen LogP contribution in [0.5, 0.6) is 0 Å². The topological polar surface area (TPSA) is 87.3 Å². The summed E-state index contributed by atoms with van der Waals surface area (Å²) < 4.78 is 20.0. The Labute approximate surface area is 197 Å². The number of carbonyl (C=O) groups excluding carboxylic acids is 1. The highest BCUT2D eigenvalue weighted by Gasteiger charge is 2.27. The fourth-order valence-corrected chi connectivity index (χ4v) is 5.48. The molecule has 1 aromatic heterocycles. The van der Waals surface area contributed by atoms with E-state index in [-0.39, 0.29) is 23.1 Å². The standard InChI is InChI=1S/C24H33FN4O3S/c1-24(2,3)32-23(31)29-10-8-16(9-11-29)33-14-21-27-19-13-20(26-15-6-4-5-7-15)18(25)12-17(19)22(30)28-21/h12-13,15-16,26H,4-11,14H2,1-3H3,(H,27,28,30). The number of carbonyl (C=O) groups is 1. The molecule has 2 fully saturated rings. The van der Waals surface area contributed by atoms with Gasteiger partial charge in [0, 0.05) is 24.4 Å². The molecule has 9 heteroatoms. The number of nitrogens with one attached hydrogen (secondary N) is 2. The number of benzene rings is 1. The van der Waals surface area contributed by atoms with Crippen LogP contribution >= 0.6 is 11.8 Å². The van der Waals surface area contributed by atoms with E-state index in [0.717, 1.165) is 38.5 Å². The number of hydrogen-bond acceptors (Lipinski definition) is 6. The highest BCUT2D eigenvalue weighted by molar-refractivity contribution is 7.99. The number of amides is 1. The Bertz CT molecular complexity index is 1050. The van der Waals surface area contributed by atoms with Gasteiger partial charge in [-0.25, -0.2) is 14.2 Å². The molecule has 1 aliphatic carbocycles. The van der Waals surface area contributed by atoms with E-state index in [2.05, 4.69) is 15.3 Å². The minimum Gasteiger partial charge on any atom is -0.444 e. The molecule has 2 aliphatic rings. The second-order valence-electron chi connectivity index (χ2n) is 9.97. The molecule has 1 amide bonds. The van der Waals surface area contributed by atoms with Crippen LogP contribution < -0.4 is 10.9 Å². The average molecular weight is 477 g/mol. The highest BCUT2D eigenvalue weighted by Crippen LogP contribution is 2.28. The SMILES string of the molecule is CC(C)(C)OC(=O)N1CCC(SCc2nc3cc(NC4CCCC4)c(F)cc3c(=O)[nH]2)CC1. The number of fused-ring (bicyclic) bond motifs is 1. The van der Waals surface area contributed by atoms with Gasteiger partial charge in [-0.05, 0) is 58.6 Å². The van der Waals surface area contributed by atoms with Gasteiger partial charge in [0.1, 0.15) is 17.2 Å². The number of aromatic amines is 1. The van der Waals surface area contributed by atoms with Crippen molar-refractivity contribution in [2.45, 2.75) is 81.9 Å². The third-order valence-corrected chi connectivity index (χ3v) is 7.49. The number of piperidine rings is 1. The van der Waals surface area contributed by atoms with E-state index in [4.69, 9.17) is 4.74 Å². The van der Waals surface area contributed by atoms with Gasteiger partial charge < -0.3 is 19.9 Å². The molecule has 0 atom stereocenters. The minimum absolute atomic E-state index is 0.263. The van der Waals surface area contributed by atoms with Crippen molar-refractivity contribution in [2.75, 3.05) is 18.4 Å². The van der Waals surface area contributed by atoms with Gasteiger partial charge in [-0.1, -0.05) is 12.8 Å². The number of likely N-dealkylation sites (tertiary alicyclic amines) is 1. The summed E-state index contributed by atoms with van der Waals surface area (Å²) in [6.07, 6.45) is 5.85. The molecule has 180 valence electrons. The van der Waals surface area contributed by atoms with Gasteiger partial charge in [0.2, 0.25) is 0 Å². The first-order valence-electron chi connectivity index (χ1n) is 11.8. The number of aromatic nitrogens is 2. The lowest BCUT2D eigenvalue weighted by Gasteiger charge is -2.33. The zero-order valence-electron chi connectivity index (χ0n) is 19.6. The molecule has 1 aliphatic heterocycles. The average Bonchev–Trinajstić information content (AvgIpc) is 3.26. The van der Waals surface area contributed by atoms with Crippen molar-refractivity contribution in [1.82, 2.24) is 14.9 Å². The van der Waals surface area contributed by atoms with Crippen molar-refractivity contribution in [2.24, 2.45) is 0 Å². The molecule has 0 radical (unpaired) electrons. The number of ether oxygens (including phenoxy) is 1. The predicted molar refractivity (Wildman–Crippen MR) is 130 cm³/mol. The minimum atomic E-state index is -0.494. The van der Waals surface area contributed by atoms with Crippen LogP contribution in [-0.4, -0.2) is 50.9 Å². The molecule has 1 saturated heterocycles. The van der Waals surface area contributed by atoms with Gasteiger partial charge in [-0.3, -0.25) is 4.79 Å². The van der Waals surface area contributed by atoms with E-state index in [1.807, 2.05) is 20.8 Å². The molecular formula is C24H33FN4O3S. The van der Waals surface area contributed by atoms with Gasteiger partial charge in [0.25, 0.3) is 5.56 Å². The third-order valence-electron chi connectivity index (χ3n) is 6.11. The Balaban J connectivity index is 1.37. The third kappa shape index (κ3) is 6.19. The number of nitrogens with zero attached hydrogens (tertiary/aromatic N) is 2. The van der Waals surface area contributed by atoms with Crippen LogP contribution in [0.25, 0.3) is 10.9 Å². The van der Waals surface area contributed by atoms with Gasteiger partial charge in [0.05, 0.1) is 22.3 Å². The number of halogens is 1. The summed E-state index contributed by atoms with van der Waals surface area (Å²) in [5.41, 5.74) is 0.115. The molecule has 2 aromatic rings. The van der Waals surface area contributed by atoms with Crippen LogP contribution in [0, 0.1) is 5.82 Å². The van der Waals surface area contributed by atoms with E-state index < -0.39 is 11.4 Å². The summed E-state index contributed by atoms with van der Waals surface area (Å²) >= 11 is 1.73. The van der Waals surface area contributed by atoms with E-state index in [9.17, 15) is 14.0 Å². The number of rotatable bonds is 5. The van der Waals surface area contributed by atoms with Crippen molar-refractivity contribution < 1.29 is 13.9 Å².